The molecule has 74 valence electrons. The summed E-state index contributed by atoms with van der Waals surface area (Å²) in [6.45, 7) is 0. The van der Waals surface area contributed by atoms with Crippen molar-refractivity contribution in [2.45, 2.75) is 0 Å². The molecule has 0 aromatic rings. The molecule has 0 atom stereocenters. The second-order valence-corrected chi connectivity index (χ2v) is 6.63. The highest BCUT2D eigenvalue weighted by molar-refractivity contribution is 8.05. The molecule has 0 unspecified atom stereocenters. The SMILES string of the molecule is CSCCSCCSCCSC. The standard InChI is InChI=1S/C8H18S4/c1-9-3-5-11-7-8-12-6-4-10-2/h3-8H2,1-2H3. The summed E-state index contributed by atoms with van der Waals surface area (Å²) in [4.78, 5) is 0. The van der Waals surface area contributed by atoms with E-state index in [0.29, 0.717) is 0 Å². The lowest BCUT2D eigenvalue weighted by Crippen LogP contribution is -1.91. The van der Waals surface area contributed by atoms with Crippen molar-refractivity contribution < 1.29 is 0 Å². The highest BCUT2D eigenvalue weighted by Crippen LogP contribution is 2.09. The van der Waals surface area contributed by atoms with E-state index in [4.69, 9.17) is 0 Å². The van der Waals surface area contributed by atoms with Crippen LogP contribution in [0.4, 0.5) is 0 Å². The minimum Gasteiger partial charge on any atom is -0.165 e. The zero-order valence-corrected chi connectivity index (χ0v) is 11.1. The van der Waals surface area contributed by atoms with Crippen molar-refractivity contribution in [1.29, 1.82) is 0 Å². The molecular weight excluding hydrogens is 224 g/mol. The molecule has 0 saturated carbocycles. The minimum absolute atomic E-state index is 1.31. The molecular formula is C8H18S4. The number of rotatable bonds is 9. The Morgan fingerprint density at radius 2 is 0.917 bits per heavy atom. The predicted octanol–water partition coefficient (Wildman–Crippen LogP) is 3.18. The molecule has 0 aliphatic rings. The lowest BCUT2D eigenvalue weighted by atomic mass is 10.9. The quantitative estimate of drug-likeness (QED) is 0.569. The number of thioether (sulfide) groups is 4. The molecule has 0 aromatic heterocycles. The number of hydrogen-bond donors (Lipinski definition) is 0. The van der Waals surface area contributed by atoms with E-state index in [2.05, 4.69) is 36.0 Å². The average Bonchev–Trinajstić information content (AvgIpc) is 2.10. The molecule has 0 heterocycles. The predicted molar refractivity (Wildman–Crippen MR) is 71.4 cm³/mol. The van der Waals surface area contributed by atoms with Gasteiger partial charge in [-0.1, -0.05) is 0 Å². The molecule has 0 saturated heterocycles. The van der Waals surface area contributed by atoms with Gasteiger partial charge in [-0.2, -0.15) is 47.0 Å². The maximum atomic E-state index is 2.17. The third-order valence-electron chi connectivity index (χ3n) is 1.24. The topological polar surface area (TPSA) is 0 Å². The third-order valence-corrected chi connectivity index (χ3v) is 5.21. The van der Waals surface area contributed by atoms with Gasteiger partial charge in [-0.3, -0.25) is 0 Å². The van der Waals surface area contributed by atoms with E-state index in [-0.39, 0.29) is 0 Å². The van der Waals surface area contributed by atoms with Crippen LogP contribution in [0.3, 0.4) is 0 Å². The Kier molecular flexibility index (Phi) is 13.8. The Labute approximate surface area is 93.8 Å². The first-order chi connectivity index (χ1) is 5.91. The summed E-state index contributed by atoms with van der Waals surface area (Å²) in [7, 11) is 0. The van der Waals surface area contributed by atoms with Gasteiger partial charge in [-0.25, -0.2) is 0 Å². The van der Waals surface area contributed by atoms with Crippen LogP contribution < -0.4 is 0 Å². The van der Waals surface area contributed by atoms with Gasteiger partial charge in [0.15, 0.2) is 0 Å². The van der Waals surface area contributed by atoms with Crippen LogP contribution in [0, 0.1) is 0 Å². The van der Waals surface area contributed by atoms with Crippen LogP contribution in [0.5, 0.6) is 0 Å². The van der Waals surface area contributed by atoms with Crippen molar-refractivity contribution in [2.75, 3.05) is 47.0 Å². The Morgan fingerprint density at radius 3 is 1.25 bits per heavy atom. The van der Waals surface area contributed by atoms with Gasteiger partial charge in [0.05, 0.1) is 0 Å². The summed E-state index contributed by atoms with van der Waals surface area (Å²) in [5, 5.41) is 0. The Bertz CT molecular complexity index is 67.5. The van der Waals surface area contributed by atoms with Crippen LogP contribution in [0.15, 0.2) is 0 Å². The van der Waals surface area contributed by atoms with Gasteiger partial charge in [0.2, 0.25) is 0 Å². The zero-order valence-electron chi connectivity index (χ0n) is 7.88. The summed E-state index contributed by atoms with van der Waals surface area (Å²) < 4.78 is 0. The van der Waals surface area contributed by atoms with Crippen LogP contribution in [-0.4, -0.2) is 47.0 Å². The van der Waals surface area contributed by atoms with Gasteiger partial charge in [-0.15, -0.1) is 0 Å². The van der Waals surface area contributed by atoms with Crippen molar-refractivity contribution in [3.05, 3.63) is 0 Å². The summed E-state index contributed by atoms with van der Waals surface area (Å²) in [6, 6.07) is 0. The molecule has 0 nitrogen and oxygen atoms in total. The largest absolute Gasteiger partial charge is 0.165 e. The summed E-state index contributed by atoms with van der Waals surface area (Å²) in [6.07, 6.45) is 4.35. The molecule has 0 bridgehead atoms. The second kappa shape index (κ2) is 12.4. The molecule has 4 heteroatoms. The Balaban J connectivity index is 2.73. The van der Waals surface area contributed by atoms with E-state index in [9.17, 15) is 0 Å². The van der Waals surface area contributed by atoms with E-state index >= 15 is 0 Å². The third kappa shape index (κ3) is 11.4. The van der Waals surface area contributed by atoms with Crippen LogP contribution in [0.1, 0.15) is 0 Å². The van der Waals surface area contributed by atoms with E-state index in [0.717, 1.165) is 0 Å². The van der Waals surface area contributed by atoms with Crippen molar-refractivity contribution in [1.82, 2.24) is 0 Å². The highest BCUT2D eigenvalue weighted by atomic mass is 32.2. The van der Waals surface area contributed by atoms with Gasteiger partial charge in [0, 0.05) is 34.5 Å². The monoisotopic (exact) mass is 242 g/mol. The first-order valence-electron chi connectivity index (χ1n) is 4.05. The zero-order chi connectivity index (χ0) is 9.07. The van der Waals surface area contributed by atoms with Crippen molar-refractivity contribution in [2.24, 2.45) is 0 Å². The Hall–Kier alpha value is 1.40. The molecule has 0 rings (SSSR count). The molecule has 0 amide bonds. The van der Waals surface area contributed by atoms with E-state index < -0.39 is 0 Å². The van der Waals surface area contributed by atoms with Crippen LogP contribution >= 0.6 is 47.0 Å². The molecule has 0 aromatic carbocycles. The van der Waals surface area contributed by atoms with Crippen molar-refractivity contribution in [3.63, 3.8) is 0 Å². The van der Waals surface area contributed by atoms with Crippen molar-refractivity contribution in [3.8, 4) is 0 Å². The average molecular weight is 242 g/mol. The fourth-order valence-electron chi connectivity index (χ4n) is 0.606. The van der Waals surface area contributed by atoms with Gasteiger partial charge >= 0.3 is 0 Å². The lowest BCUT2D eigenvalue weighted by Gasteiger charge is -2.00. The normalized spacial score (nSPS) is 10.5. The molecule has 0 radical (unpaired) electrons. The summed E-state index contributed by atoms with van der Waals surface area (Å²) in [5.74, 6) is 7.92. The van der Waals surface area contributed by atoms with Gasteiger partial charge < -0.3 is 0 Å². The van der Waals surface area contributed by atoms with Crippen LogP contribution in [0.25, 0.3) is 0 Å². The van der Waals surface area contributed by atoms with Crippen molar-refractivity contribution >= 4 is 47.0 Å². The summed E-state index contributed by atoms with van der Waals surface area (Å²) >= 11 is 8.06. The van der Waals surface area contributed by atoms with Gasteiger partial charge in [-0.05, 0) is 12.5 Å². The van der Waals surface area contributed by atoms with E-state index in [1.807, 2.05) is 23.5 Å². The summed E-state index contributed by atoms with van der Waals surface area (Å²) in [5.41, 5.74) is 0. The van der Waals surface area contributed by atoms with Crippen LogP contribution in [0.2, 0.25) is 0 Å². The lowest BCUT2D eigenvalue weighted by molar-refractivity contribution is 1.47. The fourth-order valence-corrected chi connectivity index (χ4v) is 4.23. The second-order valence-electron chi connectivity index (χ2n) is 2.21. The smallest absolute Gasteiger partial charge is 0.00238 e. The maximum Gasteiger partial charge on any atom is 0.00238 e. The van der Waals surface area contributed by atoms with Gasteiger partial charge in [0.1, 0.15) is 0 Å². The van der Waals surface area contributed by atoms with E-state index in [1.54, 1.807) is 0 Å². The molecule has 12 heavy (non-hydrogen) atoms. The minimum atomic E-state index is 1.31. The van der Waals surface area contributed by atoms with E-state index in [1.165, 1.54) is 34.5 Å². The number of hydrogen-bond acceptors (Lipinski definition) is 4. The molecule has 0 aliphatic heterocycles. The van der Waals surface area contributed by atoms with Gasteiger partial charge in [0.25, 0.3) is 0 Å². The molecule has 0 aliphatic carbocycles. The fraction of sp³-hybridized carbons (Fsp3) is 1.00. The highest BCUT2D eigenvalue weighted by Gasteiger charge is 1.90. The van der Waals surface area contributed by atoms with Crippen LogP contribution in [-0.2, 0) is 0 Å². The first-order valence-corrected chi connectivity index (χ1v) is 9.15. The maximum absolute atomic E-state index is 2.17. The molecule has 0 fully saturated rings. The first kappa shape index (κ1) is 13.4. The molecule has 0 spiro atoms. The Morgan fingerprint density at radius 1 is 0.583 bits per heavy atom. The molecule has 0 N–H and O–H groups in total.